The zero-order chi connectivity index (χ0) is 26.4. The fraction of sp³-hybridized carbons (Fsp3) is 0.536. The van der Waals surface area contributed by atoms with Gasteiger partial charge < -0.3 is 9.80 Å². The highest BCUT2D eigenvalue weighted by Gasteiger charge is 2.32. The van der Waals surface area contributed by atoms with Gasteiger partial charge in [0.25, 0.3) is 5.91 Å². The van der Waals surface area contributed by atoms with E-state index in [1.54, 1.807) is 34.9 Å². The van der Waals surface area contributed by atoms with E-state index in [2.05, 4.69) is 16.8 Å². The van der Waals surface area contributed by atoms with Crippen molar-refractivity contribution in [3.63, 3.8) is 0 Å². The van der Waals surface area contributed by atoms with Crippen molar-refractivity contribution in [2.24, 2.45) is 5.92 Å². The summed E-state index contributed by atoms with van der Waals surface area (Å²) < 4.78 is 27.9. The number of piperazine rings is 1. The molecule has 0 radical (unpaired) electrons. The van der Waals surface area contributed by atoms with Crippen LogP contribution < -0.4 is 4.90 Å². The molecule has 3 aliphatic rings. The number of hydrogen-bond acceptors (Lipinski definition) is 7. The highest BCUT2D eigenvalue weighted by Crippen LogP contribution is 2.40. The average molecular weight is 554 g/mol. The first-order valence-corrected chi connectivity index (χ1v) is 16.0. The van der Waals surface area contributed by atoms with E-state index in [0.29, 0.717) is 44.2 Å². The second-order valence-corrected chi connectivity index (χ2v) is 14.0. The SMILES string of the molecule is C[C@H]1CCc2c(sc3ncnc(N4CCN(C(=O)c5ccc(S(=O)(=O)N6CCCC[C@@H]6C)cc5)CC4)c23)C1. The summed E-state index contributed by atoms with van der Waals surface area (Å²) in [6.07, 6.45) is 7.90. The summed E-state index contributed by atoms with van der Waals surface area (Å²) in [5.41, 5.74) is 1.95. The van der Waals surface area contributed by atoms with Crippen molar-refractivity contribution >= 4 is 43.3 Å². The molecule has 2 fully saturated rings. The Balaban J connectivity index is 1.14. The van der Waals surface area contributed by atoms with E-state index in [4.69, 9.17) is 4.98 Å². The highest BCUT2D eigenvalue weighted by molar-refractivity contribution is 7.89. The summed E-state index contributed by atoms with van der Waals surface area (Å²) >= 11 is 1.81. The fourth-order valence-corrected chi connectivity index (χ4v) is 9.18. The highest BCUT2D eigenvalue weighted by atomic mass is 32.2. The number of thiophene rings is 1. The van der Waals surface area contributed by atoms with Gasteiger partial charge in [0.05, 0.1) is 10.3 Å². The maximum atomic E-state index is 13.3. The number of benzene rings is 1. The normalized spacial score (nSPS) is 23.0. The second-order valence-electron chi connectivity index (χ2n) is 11.0. The zero-order valence-corrected chi connectivity index (χ0v) is 23.7. The molecule has 4 heterocycles. The van der Waals surface area contributed by atoms with E-state index in [-0.39, 0.29) is 16.8 Å². The number of fused-ring (bicyclic) bond motifs is 3. The van der Waals surface area contributed by atoms with Crippen molar-refractivity contribution in [1.82, 2.24) is 19.2 Å². The number of sulfonamides is 1. The summed E-state index contributed by atoms with van der Waals surface area (Å²) in [6, 6.07) is 6.48. The Bertz CT molecular complexity index is 1450. The van der Waals surface area contributed by atoms with Crippen molar-refractivity contribution in [2.45, 2.75) is 63.3 Å². The maximum absolute atomic E-state index is 13.3. The summed E-state index contributed by atoms with van der Waals surface area (Å²) in [5.74, 6) is 1.65. The molecule has 10 heteroatoms. The quantitative estimate of drug-likeness (QED) is 0.478. The van der Waals surface area contributed by atoms with Crippen LogP contribution in [0.3, 0.4) is 0 Å². The van der Waals surface area contributed by atoms with Gasteiger partial charge in [-0.25, -0.2) is 18.4 Å². The minimum Gasteiger partial charge on any atom is -0.352 e. The number of carbonyl (C=O) groups excluding carboxylic acids is 1. The Morgan fingerprint density at radius 2 is 1.74 bits per heavy atom. The van der Waals surface area contributed by atoms with E-state index in [0.717, 1.165) is 42.8 Å². The molecule has 2 atom stereocenters. The molecule has 1 amide bonds. The minimum atomic E-state index is -3.55. The van der Waals surface area contributed by atoms with Crippen LogP contribution in [0.2, 0.25) is 0 Å². The predicted molar refractivity (Wildman–Crippen MR) is 150 cm³/mol. The van der Waals surface area contributed by atoms with Crippen LogP contribution in [0.5, 0.6) is 0 Å². The fourth-order valence-electron chi connectivity index (χ4n) is 6.14. The van der Waals surface area contributed by atoms with Gasteiger partial charge in [0.2, 0.25) is 10.0 Å². The minimum absolute atomic E-state index is 0.00520. The maximum Gasteiger partial charge on any atom is 0.253 e. The molecule has 2 aromatic heterocycles. The Hall–Kier alpha value is -2.56. The molecule has 0 spiro atoms. The van der Waals surface area contributed by atoms with Crippen molar-refractivity contribution < 1.29 is 13.2 Å². The zero-order valence-electron chi connectivity index (χ0n) is 22.1. The van der Waals surface area contributed by atoms with Gasteiger partial charge >= 0.3 is 0 Å². The van der Waals surface area contributed by atoms with E-state index in [1.807, 2.05) is 23.2 Å². The molecule has 38 heavy (non-hydrogen) atoms. The number of piperidine rings is 1. The average Bonchev–Trinajstić information content (AvgIpc) is 3.30. The lowest BCUT2D eigenvalue weighted by molar-refractivity contribution is 0.0746. The lowest BCUT2D eigenvalue weighted by atomic mass is 9.89. The first-order chi connectivity index (χ1) is 18.3. The molecule has 1 aliphatic carbocycles. The van der Waals surface area contributed by atoms with Crippen LogP contribution in [-0.4, -0.2) is 72.3 Å². The van der Waals surface area contributed by atoms with Gasteiger partial charge in [0, 0.05) is 49.2 Å². The summed E-state index contributed by atoms with van der Waals surface area (Å²) in [4.78, 5) is 29.5. The summed E-state index contributed by atoms with van der Waals surface area (Å²) in [6.45, 7) is 7.45. The van der Waals surface area contributed by atoms with Crippen LogP contribution >= 0.6 is 11.3 Å². The molecule has 0 saturated carbocycles. The van der Waals surface area contributed by atoms with Gasteiger partial charge in [-0.3, -0.25) is 4.79 Å². The standard InChI is InChI=1S/C28H35N5O3S2/c1-19-6-11-23-24(17-19)37-27-25(23)26(29-18-30-27)31-13-15-32(16-14-31)28(34)21-7-9-22(10-8-21)38(35,36)33-12-4-3-5-20(33)2/h7-10,18-20H,3-6,11-17H2,1-2H3/t19-,20-/m0/s1. The molecule has 0 unspecified atom stereocenters. The number of anilines is 1. The summed E-state index contributed by atoms with van der Waals surface area (Å²) in [5, 5.41) is 1.21. The summed E-state index contributed by atoms with van der Waals surface area (Å²) in [7, 11) is -3.55. The Morgan fingerprint density at radius 3 is 2.47 bits per heavy atom. The molecule has 6 rings (SSSR count). The number of amides is 1. The molecule has 0 N–H and O–H groups in total. The van der Waals surface area contributed by atoms with Crippen LogP contribution in [0.1, 0.15) is 60.3 Å². The second kappa shape index (κ2) is 10.2. The number of aromatic nitrogens is 2. The van der Waals surface area contributed by atoms with Crippen LogP contribution in [0, 0.1) is 5.92 Å². The first kappa shape index (κ1) is 25.7. The van der Waals surface area contributed by atoms with E-state index >= 15 is 0 Å². The molecular formula is C28H35N5O3S2. The third kappa shape index (κ3) is 4.60. The van der Waals surface area contributed by atoms with E-state index < -0.39 is 10.0 Å². The van der Waals surface area contributed by atoms with Crippen LogP contribution in [0.15, 0.2) is 35.5 Å². The topological polar surface area (TPSA) is 86.7 Å². The van der Waals surface area contributed by atoms with Crippen LogP contribution in [-0.2, 0) is 22.9 Å². The van der Waals surface area contributed by atoms with Gasteiger partial charge in [0.1, 0.15) is 17.0 Å². The predicted octanol–water partition coefficient (Wildman–Crippen LogP) is 4.34. The van der Waals surface area contributed by atoms with Crippen LogP contribution in [0.25, 0.3) is 10.2 Å². The molecule has 8 nitrogen and oxygen atoms in total. The number of rotatable bonds is 4. The number of carbonyl (C=O) groups is 1. The molecule has 0 bridgehead atoms. The number of nitrogens with zero attached hydrogens (tertiary/aromatic N) is 5. The van der Waals surface area contributed by atoms with Gasteiger partial charge in [-0.1, -0.05) is 13.3 Å². The molecule has 3 aromatic rings. The van der Waals surface area contributed by atoms with Crippen LogP contribution in [0.4, 0.5) is 5.82 Å². The van der Waals surface area contributed by atoms with Gasteiger partial charge in [-0.15, -0.1) is 11.3 Å². The first-order valence-electron chi connectivity index (χ1n) is 13.7. The molecule has 2 saturated heterocycles. The number of aryl methyl sites for hydroxylation is 1. The molecule has 202 valence electrons. The lowest BCUT2D eigenvalue weighted by Gasteiger charge is -2.36. The lowest BCUT2D eigenvalue weighted by Crippen LogP contribution is -2.49. The third-order valence-corrected chi connectivity index (χ3v) is 11.6. The van der Waals surface area contributed by atoms with Gasteiger partial charge in [0.15, 0.2) is 0 Å². The molecule has 1 aromatic carbocycles. The molecule has 2 aliphatic heterocycles. The molecular weight excluding hydrogens is 518 g/mol. The van der Waals surface area contributed by atoms with Crippen molar-refractivity contribution in [1.29, 1.82) is 0 Å². The van der Waals surface area contributed by atoms with Crippen molar-refractivity contribution in [3.05, 3.63) is 46.6 Å². The number of hydrogen-bond donors (Lipinski definition) is 0. The third-order valence-electron chi connectivity index (χ3n) is 8.39. The largest absolute Gasteiger partial charge is 0.352 e. The van der Waals surface area contributed by atoms with Gasteiger partial charge in [-0.2, -0.15) is 4.31 Å². The van der Waals surface area contributed by atoms with E-state index in [9.17, 15) is 13.2 Å². The monoisotopic (exact) mass is 553 g/mol. The van der Waals surface area contributed by atoms with Gasteiger partial charge in [-0.05, 0) is 74.8 Å². The Labute approximate surface area is 228 Å². The smallest absolute Gasteiger partial charge is 0.253 e. The van der Waals surface area contributed by atoms with Crippen molar-refractivity contribution in [2.75, 3.05) is 37.6 Å². The Morgan fingerprint density at radius 1 is 0.974 bits per heavy atom. The van der Waals surface area contributed by atoms with E-state index in [1.165, 1.54) is 22.2 Å². The Kier molecular flexibility index (Phi) is 6.90. The van der Waals surface area contributed by atoms with Crippen molar-refractivity contribution in [3.8, 4) is 0 Å².